The van der Waals surface area contributed by atoms with Crippen molar-refractivity contribution in [3.63, 3.8) is 0 Å². The number of hydrogen-bond acceptors (Lipinski definition) is 6. The van der Waals surface area contributed by atoms with Crippen LogP contribution in [0.2, 0.25) is 0 Å². The number of ether oxygens (including phenoxy) is 4. The van der Waals surface area contributed by atoms with Crippen LogP contribution in [0.15, 0.2) is 29.3 Å². The van der Waals surface area contributed by atoms with Crippen LogP contribution in [0.3, 0.4) is 0 Å². The molecule has 0 spiro atoms. The zero-order chi connectivity index (χ0) is 20.9. The van der Waals surface area contributed by atoms with Gasteiger partial charge in [0.05, 0.1) is 25.9 Å². The lowest BCUT2D eigenvalue weighted by Crippen LogP contribution is -2.38. The number of guanidine groups is 1. The Labute approximate surface area is 203 Å². The van der Waals surface area contributed by atoms with Gasteiger partial charge in [0.1, 0.15) is 12.4 Å². The van der Waals surface area contributed by atoms with E-state index in [2.05, 4.69) is 32.7 Å². The molecule has 2 aliphatic heterocycles. The van der Waals surface area contributed by atoms with Gasteiger partial charge in [-0.2, -0.15) is 0 Å². The normalized spacial score (nSPS) is 19.6. The topological polar surface area (TPSA) is 76.6 Å². The van der Waals surface area contributed by atoms with Crippen molar-refractivity contribution < 1.29 is 18.9 Å². The highest BCUT2D eigenvalue weighted by molar-refractivity contribution is 14.0. The fourth-order valence-corrected chi connectivity index (χ4v) is 3.44. The minimum atomic E-state index is 0. The van der Waals surface area contributed by atoms with Gasteiger partial charge in [-0.05, 0) is 30.5 Å². The van der Waals surface area contributed by atoms with E-state index in [1.54, 1.807) is 7.05 Å². The van der Waals surface area contributed by atoms with Crippen LogP contribution in [0.1, 0.15) is 18.4 Å². The lowest BCUT2D eigenvalue weighted by molar-refractivity contribution is 0.0322. The molecule has 0 saturated carbocycles. The molecule has 0 aromatic heterocycles. The second kappa shape index (κ2) is 15.6. The number of halogens is 1. The smallest absolute Gasteiger partial charge is 0.191 e. The van der Waals surface area contributed by atoms with Crippen LogP contribution in [0.5, 0.6) is 5.75 Å². The number of morpholine rings is 1. The highest BCUT2D eigenvalue weighted by Crippen LogP contribution is 2.13. The highest BCUT2D eigenvalue weighted by Gasteiger charge is 2.15. The summed E-state index contributed by atoms with van der Waals surface area (Å²) in [6.07, 6.45) is 2.21. The first-order valence-corrected chi connectivity index (χ1v) is 11.0. The third kappa shape index (κ3) is 10.3. The molecule has 1 unspecified atom stereocenters. The van der Waals surface area contributed by atoms with E-state index in [1.807, 2.05) is 12.1 Å². The first kappa shape index (κ1) is 26.1. The standard InChI is InChI=1S/C22H36N4O4.HI/c1-23-22(24-7-3-11-29-21-6-12-28-18-21)25-17-19-4-2-5-20(16-19)30-15-10-26-8-13-27-14-9-26;/h2,4-5,16,21H,3,6-15,17-18H2,1H3,(H2,23,24,25);1H. The van der Waals surface area contributed by atoms with Crippen LogP contribution in [0.25, 0.3) is 0 Å². The zero-order valence-corrected chi connectivity index (χ0v) is 20.8. The summed E-state index contributed by atoms with van der Waals surface area (Å²) in [5.41, 5.74) is 1.16. The van der Waals surface area contributed by atoms with Crippen LogP contribution in [-0.4, -0.2) is 89.8 Å². The molecule has 8 nitrogen and oxygen atoms in total. The summed E-state index contributed by atoms with van der Waals surface area (Å²) in [5, 5.41) is 6.68. The molecule has 2 aliphatic rings. The van der Waals surface area contributed by atoms with Crippen LogP contribution < -0.4 is 15.4 Å². The van der Waals surface area contributed by atoms with E-state index in [4.69, 9.17) is 18.9 Å². The Morgan fingerprint density at radius 2 is 2.03 bits per heavy atom. The number of benzene rings is 1. The van der Waals surface area contributed by atoms with E-state index in [0.717, 1.165) is 89.3 Å². The maximum absolute atomic E-state index is 5.94. The summed E-state index contributed by atoms with van der Waals surface area (Å²) in [6, 6.07) is 8.20. The van der Waals surface area contributed by atoms with Gasteiger partial charge in [-0.3, -0.25) is 9.89 Å². The van der Waals surface area contributed by atoms with Crippen LogP contribution in [0.4, 0.5) is 0 Å². The lowest BCUT2D eigenvalue weighted by Gasteiger charge is -2.26. The quantitative estimate of drug-likeness (QED) is 0.189. The van der Waals surface area contributed by atoms with E-state index in [9.17, 15) is 0 Å². The Hall–Kier alpha value is -1.14. The van der Waals surface area contributed by atoms with Crippen LogP contribution in [-0.2, 0) is 20.8 Å². The highest BCUT2D eigenvalue weighted by atomic mass is 127. The molecule has 176 valence electrons. The maximum atomic E-state index is 5.94. The summed E-state index contributed by atoms with van der Waals surface area (Å²) >= 11 is 0. The van der Waals surface area contributed by atoms with Gasteiger partial charge in [0, 0.05) is 53.0 Å². The van der Waals surface area contributed by atoms with Crippen molar-refractivity contribution >= 4 is 29.9 Å². The molecule has 2 fully saturated rings. The van der Waals surface area contributed by atoms with Gasteiger partial charge >= 0.3 is 0 Å². The minimum Gasteiger partial charge on any atom is -0.492 e. The first-order valence-electron chi connectivity index (χ1n) is 11.0. The Balaban J connectivity index is 0.00000341. The largest absolute Gasteiger partial charge is 0.492 e. The SMILES string of the molecule is CN=C(NCCCOC1CCOC1)NCc1cccc(OCCN2CCOCC2)c1.I. The van der Waals surface area contributed by atoms with E-state index >= 15 is 0 Å². The molecule has 9 heteroatoms. The van der Waals surface area contributed by atoms with E-state index < -0.39 is 0 Å². The van der Waals surface area contributed by atoms with Gasteiger partial charge in [0.15, 0.2) is 5.96 Å². The van der Waals surface area contributed by atoms with Gasteiger partial charge < -0.3 is 29.6 Å². The summed E-state index contributed by atoms with van der Waals surface area (Å²) in [7, 11) is 1.78. The second-order valence-electron chi connectivity index (χ2n) is 7.51. The van der Waals surface area contributed by atoms with Crippen molar-refractivity contribution in [1.29, 1.82) is 0 Å². The number of hydrogen-bond donors (Lipinski definition) is 2. The molecule has 1 atom stereocenters. The van der Waals surface area contributed by atoms with Crippen LogP contribution >= 0.6 is 24.0 Å². The third-order valence-corrected chi connectivity index (χ3v) is 5.22. The minimum absolute atomic E-state index is 0. The summed E-state index contributed by atoms with van der Waals surface area (Å²) in [6.45, 7) is 9.02. The Morgan fingerprint density at radius 3 is 2.81 bits per heavy atom. The number of aliphatic imine (C=N–C) groups is 1. The molecule has 31 heavy (non-hydrogen) atoms. The fraction of sp³-hybridized carbons (Fsp3) is 0.682. The average molecular weight is 548 g/mol. The molecular weight excluding hydrogens is 511 g/mol. The molecule has 2 N–H and O–H groups in total. The van der Waals surface area contributed by atoms with Crippen molar-refractivity contribution in [1.82, 2.24) is 15.5 Å². The Morgan fingerprint density at radius 1 is 1.16 bits per heavy atom. The molecule has 2 saturated heterocycles. The molecule has 2 heterocycles. The van der Waals surface area contributed by atoms with E-state index in [-0.39, 0.29) is 30.1 Å². The van der Waals surface area contributed by atoms with Crippen molar-refractivity contribution in [2.45, 2.75) is 25.5 Å². The van der Waals surface area contributed by atoms with Gasteiger partial charge in [0.25, 0.3) is 0 Å². The average Bonchev–Trinajstić information content (AvgIpc) is 3.30. The van der Waals surface area contributed by atoms with Crippen molar-refractivity contribution in [2.75, 3.05) is 72.9 Å². The predicted octanol–water partition coefficient (Wildman–Crippen LogP) is 1.88. The molecular formula is C22H37IN4O4. The van der Waals surface area contributed by atoms with Crippen molar-refractivity contribution in [3.05, 3.63) is 29.8 Å². The van der Waals surface area contributed by atoms with Gasteiger partial charge in [-0.1, -0.05) is 12.1 Å². The maximum Gasteiger partial charge on any atom is 0.191 e. The molecule has 0 aliphatic carbocycles. The van der Waals surface area contributed by atoms with E-state index in [0.29, 0.717) is 13.2 Å². The molecule has 0 amide bonds. The molecule has 1 aromatic rings. The zero-order valence-electron chi connectivity index (χ0n) is 18.5. The van der Waals surface area contributed by atoms with Crippen LogP contribution in [0, 0.1) is 0 Å². The first-order chi connectivity index (χ1) is 14.8. The number of rotatable bonds is 11. The number of nitrogens with one attached hydrogen (secondary N) is 2. The van der Waals surface area contributed by atoms with Crippen molar-refractivity contribution in [2.24, 2.45) is 4.99 Å². The molecule has 3 rings (SSSR count). The summed E-state index contributed by atoms with van der Waals surface area (Å²) in [4.78, 5) is 6.66. The third-order valence-electron chi connectivity index (χ3n) is 5.22. The summed E-state index contributed by atoms with van der Waals surface area (Å²) < 4.78 is 22.4. The molecule has 0 radical (unpaired) electrons. The van der Waals surface area contributed by atoms with Gasteiger partial charge in [-0.15, -0.1) is 24.0 Å². The Bertz CT molecular complexity index is 638. The van der Waals surface area contributed by atoms with Gasteiger partial charge in [0.2, 0.25) is 0 Å². The fourth-order valence-electron chi connectivity index (χ4n) is 3.44. The summed E-state index contributed by atoms with van der Waals surface area (Å²) in [5.74, 6) is 1.69. The Kier molecular flexibility index (Phi) is 13.2. The van der Waals surface area contributed by atoms with Gasteiger partial charge in [-0.25, -0.2) is 0 Å². The second-order valence-corrected chi connectivity index (χ2v) is 7.51. The lowest BCUT2D eigenvalue weighted by atomic mass is 10.2. The monoisotopic (exact) mass is 548 g/mol. The number of nitrogens with zero attached hydrogens (tertiary/aromatic N) is 2. The predicted molar refractivity (Wildman–Crippen MR) is 133 cm³/mol. The molecule has 1 aromatic carbocycles. The van der Waals surface area contributed by atoms with E-state index in [1.165, 1.54) is 0 Å². The van der Waals surface area contributed by atoms with Crippen molar-refractivity contribution in [3.8, 4) is 5.75 Å². The molecule has 0 bridgehead atoms.